The van der Waals surface area contributed by atoms with Crippen molar-refractivity contribution in [3.8, 4) is 5.75 Å². The maximum Gasteiger partial charge on any atom is 0.339 e. The molecule has 0 aliphatic carbocycles. The maximum atomic E-state index is 11.6. The van der Waals surface area contributed by atoms with E-state index >= 15 is 0 Å². The van der Waals surface area contributed by atoms with E-state index in [4.69, 9.17) is 0 Å². The zero-order valence-corrected chi connectivity index (χ0v) is 15.1. The highest BCUT2D eigenvalue weighted by Gasteiger charge is 2.31. The summed E-state index contributed by atoms with van der Waals surface area (Å²) < 4.78 is 0. The maximum absolute atomic E-state index is 11.6. The molecule has 0 bridgehead atoms. The summed E-state index contributed by atoms with van der Waals surface area (Å²) in [6, 6.07) is 13.6. The largest absolute Gasteiger partial charge is 0.507 e. The van der Waals surface area contributed by atoms with Crippen LogP contribution in [-0.4, -0.2) is 16.2 Å². The van der Waals surface area contributed by atoms with Crippen LogP contribution in [0.5, 0.6) is 5.75 Å². The molecule has 3 nitrogen and oxygen atoms in total. The van der Waals surface area contributed by atoms with Gasteiger partial charge in [0.25, 0.3) is 0 Å². The molecule has 0 unspecified atom stereocenters. The van der Waals surface area contributed by atoms with E-state index in [0.717, 1.165) is 17.5 Å². The van der Waals surface area contributed by atoms with Gasteiger partial charge >= 0.3 is 5.97 Å². The van der Waals surface area contributed by atoms with Crippen LogP contribution in [0.15, 0.2) is 42.5 Å². The van der Waals surface area contributed by atoms with Crippen molar-refractivity contribution in [2.45, 2.75) is 51.9 Å². The Morgan fingerprint density at radius 2 is 1.58 bits per heavy atom. The number of aromatic carboxylic acids is 1. The summed E-state index contributed by atoms with van der Waals surface area (Å²) in [6.07, 6.45) is 0.800. The average Bonchev–Trinajstić information content (AvgIpc) is 2.55. The van der Waals surface area contributed by atoms with Gasteiger partial charge in [0.15, 0.2) is 0 Å². The summed E-state index contributed by atoms with van der Waals surface area (Å²) in [4.78, 5) is 11.6. The molecule has 0 atom stereocenters. The molecule has 0 radical (unpaired) electrons. The lowest BCUT2D eigenvalue weighted by molar-refractivity contribution is 0.0693. The Morgan fingerprint density at radius 1 is 1.00 bits per heavy atom. The molecule has 128 valence electrons. The highest BCUT2D eigenvalue weighted by Crippen LogP contribution is 2.41. The van der Waals surface area contributed by atoms with Gasteiger partial charge < -0.3 is 10.2 Å². The summed E-state index contributed by atoms with van der Waals surface area (Å²) in [6.45, 7) is 10.2. The van der Waals surface area contributed by atoms with E-state index in [-0.39, 0.29) is 22.1 Å². The third kappa shape index (κ3) is 3.16. The van der Waals surface area contributed by atoms with Gasteiger partial charge in [0, 0.05) is 11.0 Å². The van der Waals surface area contributed by atoms with Gasteiger partial charge in [0.05, 0.1) is 0 Å². The zero-order chi connectivity index (χ0) is 18.1. The standard InChI is InChI=1S/C21H26O3/c1-6-20(2,3)17-13-15(12-16(18(17)22)19(23)24)21(4,5)14-10-8-7-9-11-14/h7-13,22H,6H2,1-5H3,(H,23,24). The smallest absolute Gasteiger partial charge is 0.339 e. The lowest BCUT2D eigenvalue weighted by atomic mass is 9.73. The van der Waals surface area contributed by atoms with Gasteiger partial charge in [0.2, 0.25) is 0 Å². The molecule has 0 saturated carbocycles. The quantitative estimate of drug-likeness (QED) is 0.803. The topological polar surface area (TPSA) is 57.5 Å². The van der Waals surface area contributed by atoms with Crippen molar-refractivity contribution in [3.05, 3.63) is 64.7 Å². The minimum absolute atomic E-state index is 0.0342. The van der Waals surface area contributed by atoms with Gasteiger partial charge in [-0.2, -0.15) is 0 Å². The number of rotatable bonds is 5. The van der Waals surface area contributed by atoms with Crippen molar-refractivity contribution in [1.82, 2.24) is 0 Å². The van der Waals surface area contributed by atoms with Crippen molar-refractivity contribution in [3.63, 3.8) is 0 Å². The van der Waals surface area contributed by atoms with Gasteiger partial charge in [-0.25, -0.2) is 4.79 Å². The molecular formula is C21H26O3. The predicted octanol–water partition coefficient (Wildman–Crippen LogP) is 5.10. The first-order valence-electron chi connectivity index (χ1n) is 8.28. The fourth-order valence-corrected chi connectivity index (χ4v) is 2.89. The molecule has 0 fully saturated rings. The molecule has 0 aliphatic heterocycles. The lowest BCUT2D eigenvalue weighted by Crippen LogP contribution is -2.23. The third-order valence-electron chi connectivity index (χ3n) is 5.17. The van der Waals surface area contributed by atoms with Crippen LogP contribution >= 0.6 is 0 Å². The lowest BCUT2D eigenvalue weighted by Gasteiger charge is -2.31. The second kappa shape index (κ2) is 6.31. The van der Waals surface area contributed by atoms with Gasteiger partial charge in [0.1, 0.15) is 11.3 Å². The Hall–Kier alpha value is -2.29. The van der Waals surface area contributed by atoms with Crippen molar-refractivity contribution >= 4 is 5.97 Å². The summed E-state index contributed by atoms with van der Waals surface area (Å²) >= 11 is 0. The molecule has 0 amide bonds. The molecule has 24 heavy (non-hydrogen) atoms. The monoisotopic (exact) mass is 326 g/mol. The Bertz CT molecular complexity index is 743. The fraction of sp³-hybridized carbons (Fsp3) is 0.381. The first kappa shape index (κ1) is 18.1. The van der Waals surface area contributed by atoms with E-state index in [1.54, 1.807) is 6.07 Å². The van der Waals surface area contributed by atoms with E-state index in [0.29, 0.717) is 5.56 Å². The van der Waals surface area contributed by atoms with Crippen LogP contribution in [0.25, 0.3) is 0 Å². The number of carboxylic acids is 1. The third-order valence-corrected chi connectivity index (χ3v) is 5.17. The first-order valence-corrected chi connectivity index (χ1v) is 8.28. The Labute approximate surface area is 144 Å². The minimum atomic E-state index is -1.11. The van der Waals surface area contributed by atoms with Gasteiger partial charge in [-0.05, 0) is 29.0 Å². The highest BCUT2D eigenvalue weighted by molar-refractivity contribution is 5.92. The van der Waals surface area contributed by atoms with Crippen LogP contribution in [-0.2, 0) is 10.8 Å². The molecule has 2 rings (SSSR count). The predicted molar refractivity (Wildman–Crippen MR) is 97.0 cm³/mol. The molecule has 0 saturated heterocycles. The van der Waals surface area contributed by atoms with E-state index in [9.17, 15) is 15.0 Å². The van der Waals surface area contributed by atoms with E-state index in [1.165, 1.54) is 0 Å². The summed E-state index contributed by atoms with van der Waals surface area (Å²) in [5.74, 6) is -1.23. The van der Waals surface area contributed by atoms with Crippen LogP contribution < -0.4 is 0 Å². The summed E-state index contributed by atoms with van der Waals surface area (Å²) in [7, 11) is 0. The minimum Gasteiger partial charge on any atom is -0.507 e. The Kier molecular flexibility index (Phi) is 4.75. The van der Waals surface area contributed by atoms with Crippen LogP contribution in [0.1, 0.15) is 68.1 Å². The van der Waals surface area contributed by atoms with Crippen LogP contribution in [0, 0.1) is 0 Å². The number of benzene rings is 2. The van der Waals surface area contributed by atoms with Gasteiger partial charge in [-0.1, -0.05) is 71.0 Å². The van der Waals surface area contributed by atoms with Gasteiger partial charge in [-0.3, -0.25) is 0 Å². The second-order valence-electron chi connectivity index (χ2n) is 7.45. The Morgan fingerprint density at radius 3 is 2.08 bits per heavy atom. The molecule has 0 aliphatic rings. The van der Waals surface area contributed by atoms with Crippen LogP contribution in [0.4, 0.5) is 0 Å². The zero-order valence-electron chi connectivity index (χ0n) is 15.1. The number of carboxylic acid groups (broad SMARTS) is 1. The number of hydrogen-bond acceptors (Lipinski definition) is 2. The number of carbonyl (C=O) groups is 1. The van der Waals surface area contributed by atoms with Crippen molar-refractivity contribution < 1.29 is 15.0 Å². The van der Waals surface area contributed by atoms with Gasteiger partial charge in [-0.15, -0.1) is 0 Å². The summed E-state index contributed by atoms with van der Waals surface area (Å²) in [5.41, 5.74) is 1.97. The average molecular weight is 326 g/mol. The van der Waals surface area contributed by atoms with Crippen molar-refractivity contribution in [2.75, 3.05) is 0 Å². The fourth-order valence-electron chi connectivity index (χ4n) is 2.89. The molecular weight excluding hydrogens is 300 g/mol. The normalized spacial score (nSPS) is 12.2. The Balaban J connectivity index is 2.74. The molecule has 3 heteroatoms. The van der Waals surface area contributed by atoms with Crippen molar-refractivity contribution in [1.29, 1.82) is 0 Å². The van der Waals surface area contributed by atoms with Crippen LogP contribution in [0.2, 0.25) is 0 Å². The van der Waals surface area contributed by atoms with E-state index < -0.39 is 5.97 Å². The first-order chi connectivity index (χ1) is 11.1. The highest BCUT2D eigenvalue weighted by atomic mass is 16.4. The molecule has 0 heterocycles. The molecule has 0 spiro atoms. The molecule has 2 aromatic rings. The SMILES string of the molecule is CCC(C)(C)c1cc(C(C)(C)c2ccccc2)cc(C(=O)O)c1O. The summed E-state index contributed by atoms with van der Waals surface area (Å²) in [5, 5.41) is 20.0. The van der Waals surface area contributed by atoms with Crippen LogP contribution in [0.3, 0.4) is 0 Å². The number of hydrogen-bond donors (Lipinski definition) is 2. The number of phenols is 1. The molecule has 2 N–H and O–H groups in total. The van der Waals surface area contributed by atoms with Crippen molar-refractivity contribution in [2.24, 2.45) is 0 Å². The number of aromatic hydroxyl groups is 1. The second-order valence-corrected chi connectivity index (χ2v) is 7.45. The van der Waals surface area contributed by atoms with E-state index in [1.807, 2.05) is 57.2 Å². The molecule has 2 aromatic carbocycles. The molecule has 0 aromatic heterocycles. The van der Waals surface area contributed by atoms with E-state index in [2.05, 4.69) is 13.8 Å².